The summed E-state index contributed by atoms with van der Waals surface area (Å²) in [5.74, 6) is -11.7. The zero-order chi connectivity index (χ0) is 20.7. The van der Waals surface area contributed by atoms with E-state index >= 15 is 0 Å². The number of rotatable bonds is 4. The van der Waals surface area contributed by atoms with E-state index in [1.165, 1.54) is 6.92 Å². The number of benzene rings is 2. The first-order valence-electron chi connectivity index (χ1n) is 7.09. The number of aryl methyl sites for hydroxylation is 1. The number of carboxylic acid groups (broad SMARTS) is 1. The Morgan fingerprint density at radius 3 is 2.00 bits per heavy atom. The van der Waals surface area contributed by atoms with Crippen LogP contribution in [0.1, 0.15) is 27.0 Å². The third-order valence-corrected chi connectivity index (χ3v) is 3.64. The highest BCUT2D eigenvalue weighted by molar-refractivity contribution is 5.92. The monoisotopic (exact) mass is 397 g/mol. The van der Waals surface area contributed by atoms with Crippen LogP contribution in [-0.4, -0.2) is 16.2 Å². The molecule has 27 heavy (non-hydrogen) atoms. The molecule has 3 N–H and O–H groups in total. The van der Waals surface area contributed by atoms with Gasteiger partial charge in [0.2, 0.25) is 0 Å². The molecule has 0 fully saturated rings. The number of nitrogens with one attached hydrogen (secondary N) is 1. The van der Waals surface area contributed by atoms with Crippen LogP contribution in [0.3, 0.4) is 0 Å². The fourth-order valence-electron chi connectivity index (χ4n) is 2.32. The molecule has 0 saturated carbocycles. The Kier molecular flexibility index (Phi) is 5.25. The van der Waals surface area contributed by atoms with E-state index < -0.39 is 64.4 Å². The lowest BCUT2D eigenvalue weighted by molar-refractivity contribution is -0.143. The number of phenols is 1. The number of aromatic hydroxyl groups is 1. The summed E-state index contributed by atoms with van der Waals surface area (Å²) in [7, 11) is 0. The van der Waals surface area contributed by atoms with Crippen molar-refractivity contribution in [3.05, 3.63) is 57.7 Å². The second-order valence-corrected chi connectivity index (χ2v) is 5.46. The minimum atomic E-state index is -5.65. The fourth-order valence-corrected chi connectivity index (χ4v) is 2.32. The second kappa shape index (κ2) is 6.97. The van der Waals surface area contributed by atoms with E-state index in [0.717, 1.165) is 12.1 Å². The molecule has 0 aliphatic rings. The minimum Gasteiger partial charge on any atom is -0.507 e. The Balaban J connectivity index is 2.44. The van der Waals surface area contributed by atoms with Gasteiger partial charge in [0.05, 0.1) is 0 Å². The van der Waals surface area contributed by atoms with Gasteiger partial charge in [0.15, 0.2) is 23.3 Å². The zero-order valence-corrected chi connectivity index (χ0v) is 13.3. The van der Waals surface area contributed by atoms with Crippen LogP contribution in [0.5, 0.6) is 5.75 Å². The van der Waals surface area contributed by atoms with Gasteiger partial charge < -0.3 is 15.5 Å². The Bertz CT molecular complexity index is 896. The molecule has 0 atom stereocenters. The van der Waals surface area contributed by atoms with Crippen molar-refractivity contribution in [1.29, 1.82) is 0 Å². The molecule has 0 aromatic heterocycles. The summed E-state index contributed by atoms with van der Waals surface area (Å²) in [4.78, 5) is 11.0. The zero-order valence-electron chi connectivity index (χ0n) is 13.3. The van der Waals surface area contributed by atoms with Gasteiger partial charge in [-0.3, -0.25) is 0 Å². The van der Waals surface area contributed by atoms with E-state index in [1.807, 2.05) is 0 Å². The molecule has 0 aliphatic heterocycles. The molecule has 4 nitrogen and oxygen atoms in total. The molecular formula is C16H10F7NO3. The van der Waals surface area contributed by atoms with Crippen molar-refractivity contribution in [2.45, 2.75) is 19.6 Å². The molecule has 0 bridgehead atoms. The van der Waals surface area contributed by atoms with Gasteiger partial charge in [0.1, 0.15) is 16.9 Å². The SMILES string of the molecule is Cc1cc(NCc2c(F)c(F)c(C(F)(F)F)c(F)c2F)cc(C(=O)O)c1O. The smallest absolute Gasteiger partial charge is 0.422 e. The van der Waals surface area contributed by atoms with Crippen LogP contribution in [0.25, 0.3) is 0 Å². The van der Waals surface area contributed by atoms with E-state index in [9.17, 15) is 40.6 Å². The summed E-state index contributed by atoms with van der Waals surface area (Å²) in [6, 6.07) is 2.03. The summed E-state index contributed by atoms with van der Waals surface area (Å²) in [6.07, 6.45) is -5.65. The van der Waals surface area contributed by atoms with Gasteiger partial charge in [-0.25, -0.2) is 22.4 Å². The highest BCUT2D eigenvalue weighted by atomic mass is 19.4. The summed E-state index contributed by atoms with van der Waals surface area (Å²) in [5.41, 5.74) is -4.65. The van der Waals surface area contributed by atoms with Crippen LogP contribution in [0, 0.1) is 30.2 Å². The van der Waals surface area contributed by atoms with Gasteiger partial charge >= 0.3 is 12.1 Å². The Morgan fingerprint density at radius 2 is 1.56 bits per heavy atom. The lowest BCUT2D eigenvalue weighted by Crippen LogP contribution is -2.18. The van der Waals surface area contributed by atoms with Crippen molar-refractivity contribution in [2.24, 2.45) is 0 Å². The van der Waals surface area contributed by atoms with Crippen molar-refractivity contribution in [3.8, 4) is 5.75 Å². The number of carbonyl (C=O) groups is 1. The second-order valence-electron chi connectivity index (χ2n) is 5.46. The van der Waals surface area contributed by atoms with Gasteiger partial charge in [0.25, 0.3) is 0 Å². The Morgan fingerprint density at radius 1 is 1.04 bits per heavy atom. The van der Waals surface area contributed by atoms with E-state index in [0.29, 0.717) is 0 Å². The summed E-state index contributed by atoms with van der Waals surface area (Å²) in [6.45, 7) is 0.318. The maximum absolute atomic E-state index is 13.8. The number of aromatic carboxylic acids is 1. The summed E-state index contributed by atoms with van der Waals surface area (Å²) in [5, 5.41) is 20.8. The average Bonchev–Trinajstić information content (AvgIpc) is 2.54. The van der Waals surface area contributed by atoms with Crippen LogP contribution in [0.2, 0.25) is 0 Å². The topological polar surface area (TPSA) is 69.6 Å². The third-order valence-electron chi connectivity index (χ3n) is 3.64. The first-order valence-corrected chi connectivity index (χ1v) is 7.09. The molecule has 2 aromatic carbocycles. The van der Waals surface area contributed by atoms with Crippen LogP contribution < -0.4 is 5.32 Å². The van der Waals surface area contributed by atoms with Crippen molar-refractivity contribution in [3.63, 3.8) is 0 Å². The molecule has 11 heteroatoms. The molecule has 0 unspecified atom stereocenters. The van der Waals surface area contributed by atoms with Gasteiger partial charge in [0, 0.05) is 17.8 Å². The van der Waals surface area contributed by atoms with E-state index in [-0.39, 0.29) is 11.3 Å². The number of carboxylic acids is 1. The molecule has 0 amide bonds. The maximum atomic E-state index is 13.8. The van der Waals surface area contributed by atoms with Gasteiger partial charge in [-0.2, -0.15) is 13.2 Å². The van der Waals surface area contributed by atoms with Gasteiger partial charge in [-0.15, -0.1) is 0 Å². The van der Waals surface area contributed by atoms with E-state index in [4.69, 9.17) is 5.11 Å². The largest absolute Gasteiger partial charge is 0.507 e. The van der Waals surface area contributed by atoms with Crippen molar-refractivity contribution >= 4 is 11.7 Å². The molecular weight excluding hydrogens is 387 g/mol. The molecule has 2 rings (SSSR count). The molecule has 0 heterocycles. The predicted molar refractivity (Wildman–Crippen MR) is 78.4 cm³/mol. The van der Waals surface area contributed by atoms with Crippen molar-refractivity contribution < 1.29 is 45.7 Å². The molecule has 146 valence electrons. The maximum Gasteiger partial charge on any atom is 0.422 e. The number of hydrogen-bond donors (Lipinski definition) is 3. The van der Waals surface area contributed by atoms with Crippen LogP contribution in [-0.2, 0) is 12.7 Å². The van der Waals surface area contributed by atoms with E-state index in [1.54, 1.807) is 0 Å². The van der Waals surface area contributed by atoms with Gasteiger partial charge in [-0.05, 0) is 24.6 Å². The number of hydrogen-bond acceptors (Lipinski definition) is 3. The average molecular weight is 397 g/mol. The Hall–Kier alpha value is -2.98. The lowest BCUT2D eigenvalue weighted by Gasteiger charge is -2.15. The Labute approximate surface area is 146 Å². The minimum absolute atomic E-state index is 0.0584. The van der Waals surface area contributed by atoms with Crippen LogP contribution in [0.15, 0.2) is 12.1 Å². The third kappa shape index (κ3) is 3.76. The highest BCUT2D eigenvalue weighted by Crippen LogP contribution is 2.37. The first kappa shape index (κ1) is 20.3. The number of alkyl halides is 3. The number of anilines is 1. The normalized spacial score (nSPS) is 11.6. The highest BCUT2D eigenvalue weighted by Gasteiger charge is 2.42. The summed E-state index contributed by atoms with van der Waals surface area (Å²) >= 11 is 0. The molecule has 0 aliphatic carbocycles. The van der Waals surface area contributed by atoms with Gasteiger partial charge in [-0.1, -0.05) is 0 Å². The quantitative estimate of drug-likeness (QED) is 0.401. The molecule has 0 radical (unpaired) electrons. The standard InChI is InChI=1S/C16H10F7NO3/c1-5-2-6(3-7(14(5)25)15(26)27)24-4-8-10(17)12(19)9(16(21,22)23)13(20)11(8)18/h2-3,24-25H,4H2,1H3,(H,26,27). The molecule has 0 spiro atoms. The molecule has 0 saturated heterocycles. The van der Waals surface area contributed by atoms with Crippen molar-refractivity contribution in [1.82, 2.24) is 0 Å². The summed E-state index contributed by atoms with van der Waals surface area (Å²) < 4.78 is 92.4. The predicted octanol–water partition coefficient (Wildman–Crippen LogP) is 4.59. The van der Waals surface area contributed by atoms with Crippen molar-refractivity contribution in [2.75, 3.05) is 5.32 Å². The number of halogens is 7. The van der Waals surface area contributed by atoms with E-state index in [2.05, 4.69) is 5.32 Å². The van der Waals surface area contributed by atoms with Crippen LogP contribution >= 0.6 is 0 Å². The molecule has 2 aromatic rings. The first-order chi connectivity index (χ1) is 12.4. The fraction of sp³-hybridized carbons (Fsp3) is 0.188. The lowest BCUT2D eigenvalue weighted by atomic mass is 10.1. The van der Waals surface area contributed by atoms with Crippen LogP contribution in [0.4, 0.5) is 36.4 Å².